The molecule has 3 nitrogen and oxygen atoms in total. The second-order valence-electron chi connectivity index (χ2n) is 6.11. The van der Waals surface area contributed by atoms with E-state index in [9.17, 15) is 0 Å². The third-order valence-corrected chi connectivity index (χ3v) is 4.87. The minimum absolute atomic E-state index is 1.14. The normalized spacial score (nSPS) is 12.7. The van der Waals surface area contributed by atoms with Crippen molar-refractivity contribution in [1.82, 2.24) is 9.55 Å². The van der Waals surface area contributed by atoms with Gasteiger partial charge in [0.05, 0.1) is 28.1 Å². The molecule has 0 unspecified atom stereocenters. The number of H-pyrrole nitrogens is 1. The van der Waals surface area contributed by atoms with Gasteiger partial charge < -0.3 is 14.9 Å². The number of para-hydroxylation sites is 3. The number of hydrogen-bond acceptors (Lipinski definition) is 1. The van der Waals surface area contributed by atoms with E-state index in [-0.39, 0.29) is 0 Å². The second kappa shape index (κ2) is 3.76. The van der Waals surface area contributed by atoms with Crippen LogP contribution in [0.2, 0.25) is 0 Å². The molecule has 0 atom stereocenters. The van der Waals surface area contributed by atoms with Gasteiger partial charge in [0.2, 0.25) is 0 Å². The smallest absolute Gasteiger partial charge is 0.0881 e. The summed E-state index contributed by atoms with van der Waals surface area (Å²) in [6, 6.07) is 21.4. The Balaban J connectivity index is 1.86. The van der Waals surface area contributed by atoms with Crippen molar-refractivity contribution in [3.63, 3.8) is 0 Å². The summed E-state index contributed by atoms with van der Waals surface area (Å²) in [5.74, 6) is 0. The highest BCUT2D eigenvalue weighted by Crippen LogP contribution is 2.43. The van der Waals surface area contributed by atoms with E-state index in [1.807, 2.05) is 0 Å². The van der Waals surface area contributed by atoms with Crippen molar-refractivity contribution in [3.8, 4) is 5.69 Å². The van der Waals surface area contributed by atoms with Crippen molar-refractivity contribution >= 4 is 44.1 Å². The molecule has 0 radical (unpaired) electrons. The molecule has 0 fully saturated rings. The van der Waals surface area contributed by atoms with Gasteiger partial charge in [0, 0.05) is 27.9 Å². The van der Waals surface area contributed by atoms with E-state index in [4.69, 9.17) is 0 Å². The summed E-state index contributed by atoms with van der Waals surface area (Å²) in [5, 5.41) is 7.45. The first kappa shape index (κ1) is 11.4. The van der Waals surface area contributed by atoms with Gasteiger partial charge >= 0.3 is 0 Å². The third kappa shape index (κ3) is 1.30. The van der Waals surface area contributed by atoms with Gasteiger partial charge in [0.25, 0.3) is 0 Å². The van der Waals surface area contributed by atoms with E-state index in [0.717, 1.165) is 11.4 Å². The minimum Gasteiger partial charge on any atom is -0.353 e. The molecule has 5 aromatic rings. The molecular formula is C20H13N3. The van der Waals surface area contributed by atoms with Crippen LogP contribution in [0.1, 0.15) is 0 Å². The number of rotatable bonds is 0. The fourth-order valence-electron chi connectivity index (χ4n) is 3.86. The largest absolute Gasteiger partial charge is 0.353 e. The van der Waals surface area contributed by atoms with Gasteiger partial charge in [-0.05, 0) is 30.3 Å². The number of aromatic amines is 1. The maximum absolute atomic E-state index is 3.64. The van der Waals surface area contributed by atoms with Crippen LogP contribution in [0, 0.1) is 0 Å². The van der Waals surface area contributed by atoms with Crippen LogP contribution >= 0.6 is 0 Å². The van der Waals surface area contributed by atoms with Gasteiger partial charge in [-0.15, -0.1) is 0 Å². The molecule has 2 aromatic heterocycles. The maximum Gasteiger partial charge on any atom is 0.0881 e. The molecule has 3 heteroatoms. The van der Waals surface area contributed by atoms with Crippen LogP contribution < -0.4 is 5.32 Å². The maximum atomic E-state index is 3.64. The Hall–Kier alpha value is -3.20. The van der Waals surface area contributed by atoms with Crippen LogP contribution in [0.15, 0.2) is 66.9 Å². The highest BCUT2D eigenvalue weighted by Gasteiger charge is 2.21. The van der Waals surface area contributed by atoms with E-state index < -0.39 is 0 Å². The first-order valence-corrected chi connectivity index (χ1v) is 7.81. The molecule has 0 aliphatic carbocycles. The molecule has 2 N–H and O–H groups in total. The summed E-state index contributed by atoms with van der Waals surface area (Å²) < 4.78 is 2.28. The lowest BCUT2D eigenvalue weighted by Crippen LogP contribution is -2.06. The van der Waals surface area contributed by atoms with Gasteiger partial charge in [0.1, 0.15) is 0 Å². The zero-order chi connectivity index (χ0) is 15.0. The van der Waals surface area contributed by atoms with Gasteiger partial charge in [-0.1, -0.05) is 30.3 Å². The zero-order valence-electron chi connectivity index (χ0n) is 12.3. The molecule has 0 saturated heterocycles. The van der Waals surface area contributed by atoms with E-state index in [1.165, 1.54) is 38.4 Å². The Morgan fingerprint density at radius 2 is 1.70 bits per heavy atom. The Labute approximate surface area is 132 Å². The molecule has 6 rings (SSSR count). The zero-order valence-corrected chi connectivity index (χ0v) is 12.3. The fourth-order valence-corrected chi connectivity index (χ4v) is 3.86. The third-order valence-electron chi connectivity index (χ3n) is 4.87. The van der Waals surface area contributed by atoms with Crippen LogP contribution in [0.5, 0.6) is 0 Å². The number of aromatic nitrogens is 2. The molecule has 0 bridgehead atoms. The van der Waals surface area contributed by atoms with Crippen LogP contribution in [-0.4, -0.2) is 9.55 Å². The minimum atomic E-state index is 1.14. The van der Waals surface area contributed by atoms with Crippen LogP contribution in [-0.2, 0) is 0 Å². The Morgan fingerprint density at radius 3 is 2.70 bits per heavy atom. The van der Waals surface area contributed by atoms with Crippen molar-refractivity contribution in [3.05, 3.63) is 66.9 Å². The number of nitrogens with zero attached hydrogens (tertiary/aromatic N) is 1. The standard InChI is InChI=1S/C20H13N3/c1-2-6-15-13(5-1)14-11-12-9-10-23-17-8-4-3-7-16(17)22-19(20(12)23)18(14)21-15/h1-11,21-22H. The molecule has 1 aliphatic heterocycles. The van der Waals surface area contributed by atoms with Crippen molar-refractivity contribution in [1.29, 1.82) is 0 Å². The number of nitrogens with one attached hydrogen (secondary N) is 2. The summed E-state index contributed by atoms with van der Waals surface area (Å²) in [6.07, 6.45) is 2.16. The monoisotopic (exact) mass is 295 g/mol. The Morgan fingerprint density at radius 1 is 0.826 bits per heavy atom. The number of fused-ring (bicyclic) bond motifs is 6. The quantitative estimate of drug-likeness (QED) is 0.390. The topological polar surface area (TPSA) is 32.8 Å². The molecule has 3 heterocycles. The predicted molar refractivity (Wildman–Crippen MR) is 95.9 cm³/mol. The second-order valence-corrected chi connectivity index (χ2v) is 6.11. The van der Waals surface area contributed by atoms with Crippen molar-refractivity contribution in [2.24, 2.45) is 0 Å². The lowest BCUT2D eigenvalue weighted by Gasteiger charge is -2.22. The van der Waals surface area contributed by atoms with Crippen LogP contribution in [0.4, 0.5) is 11.4 Å². The predicted octanol–water partition coefficient (Wildman–Crippen LogP) is 5.32. The first-order chi connectivity index (χ1) is 11.4. The van der Waals surface area contributed by atoms with Gasteiger partial charge in [-0.25, -0.2) is 0 Å². The van der Waals surface area contributed by atoms with Crippen LogP contribution in [0.25, 0.3) is 38.4 Å². The van der Waals surface area contributed by atoms with E-state index in [1.54, 1.807) is 0 Å². The molecule has 3 aromatic carbocycles. The highest BCUT2D eigenvalue weighted by atomic mass is 15.1. The van der Waals surface area contributed by atoms with E-state index in [2.05, 4.69) is 81.7 Å². The van der Waals surface area contributed by atoms with Crippen molar-refractivity contribution in [2.45, 2.75) is 0 Å². The summed E-state index contributed by atoms with van der Waals surface area (Å²) in [5.41, 5.74) is 7.10. The van der Waals surface area contributed by atoms with Crippen molar-refractivity contribution in [2.75, 3.05) is 5.32 Å². The van der Waals surface area contributed by atoms with E-state index >= 15 is 0 Å². The average molecular weight is 295 g/mol. The molecule has 0 spiro atoms. The lowest BCUT2D eigenvalue weighted by atomic mass is 10.1. The summed E-state index contributed by atoms with van der Waals surface area (Å²) >= 11 is 0. The number of benzene rings is 3. The average Bonchev–Trinajstić information content (AvgIpc) is 3.18. The van der Waals surface area contributed by atoms with Gasteiger partial charge in [-0.2, -0.15) is 0 Å². The number of hydrogen-bond donors (Lipinski definition) is 2. The molecule has 108 valence electrons. The molecule has 0 saturated carbocycles. The van der Waals surface area contributed by atoms with Crippen LogP contribution in [0.3, 0.4) is 0 Å². The van der Waals surface area contributed by atoms with Gasteiger partial charge in [-0.3, -0.25) is 0 Å². The molecule has 23 heavy (non-hydrogen) atoms. The van der Waals surface area contributed by atoms with Gasteiger partial charge in [0.15, 0.2) is 0 Å². The Kier molecular flexibility index (Phi) is 1.86. The SMILES string of the molecule is c1ccc2c(c1)Nc1c3[nH]c4ccccc4c3cc3ccn-2c13. The van der Waals surface area contributed by atoms with Crippen molar-refractivity contribution < 1.29 is 0 Å². The summed E-state index contributed by atoms with van der Waals surface area (Å²) in [6.45, 7) is 0. The number of anilines is 2. The summed E-state index contributed by atoms with van der Waals surface area (Å²) in [4.78, 5) is 3.60. The molecule has 1 aliphatic rings. The fraction of sp³-hybridized carbons (Fsp3) is 0. The Bertz CT molecular complexity index is 1240. The van der Waals surface area contributed by atoms with E-state index in [0.29, 0.717) is 0 Å². The molecular weight excluding hydrogens is 282 g/mol. The summed E-state index contributed by atoms with van der Waals surface area (Å²) in [7, 11) is 0. The highest BCUT2D eigenvalue weighted by molar-refractivity contribution is 6.20. The first-order valence-electron chi connectivity index (χ1n) is 7.81. The lowest BCUT2D eigenvalue weighted by molar-refractivity contribution is 1.11. The molecule has 0 amide bonds.